The van der Waals surface area contributed by atoms with E-state index >= 15 is 0 Å². The molecule has 0 aliphatic carbocycles. The monoisotopic (exact) mass is 275 g/mol. The molecule has 0 saturated heterocycles. The zero-order chi connectivity index (χ0) is 13.2. The van der Waals surface area contributed by atoms with Gasteiger partial charge in [0.2, 0.25) is 0 Å². The number of aromatic nitrogens is 1. The molecule has 1 aliphatic heterocycles. The van der Waals surface area contributed by atoms with Crippen LogP contribution < -0.4 is 4.90 Å². The van der Waals surface area contributed by atoms with Gasteiger partial charge in [-0.3, -0.25) is 9.98 Å². The van der Waals surface area contributed by atoms with Crippen molar-refractivity contribution in [3.63, 3.8) is 0 Å². The molecule has 0 saturated carbocycles. The third-order valence-corrected chi connectivity index (χ3v) is 3.29. The van der Waals surface area contributed by atoms with Gasteiger partial charge in [0.25, 0.3) is 0 Å². The van der Waals surface area contributed by atoms with E-state index < -0.39 is 5.62 Å². The third kappa shape index (κ3) is 2.44. The normalized spacial score (nSPS) is 17.4. The Hall–Kier alpha value is -1.94. The minimum absolute atomic E-state index is 0.254. The van der Waals surface area contributed by atoms with Crippen LogP contribution in [0.15, 0.2) is 47.6 Å². The Balaban J connectivity index is 1.94. The van der Waals surface area contributed by atoms with Crippen LogP contribution in [0.25, 0.3) is 0 Å². The molecule has 3 nitrogen and oxygen atoms in total. The van der Waals surface area contributed by atoms with Gasteiger partial charge in [-0.25, -0.2) is 4.39 Å². The number of aliphatic imine (C=N–C) groups is 1. The van der Waals surface area contributed by atoms with E-state index in [1.807, 2.05) is 23.1 Å². The number of rotatable bonds is 2. The number of alkyl halides is 1. The Morgan fingerprint density at radius 2 is 2.16 bits per heavy atom. The first kappa shape index (κ1) is 12.1. The van der Waals surface area contributed by atoms with Gasteiger partial charge in [-0.2, -0.15) is 0 Å². The summed E-state index contributed by atoms with van der Waals surface area (Å²) < 4.78 is 13.2. The molecule has 0 spiro atoms. The average molecular weight is 276 g/mol. The Kier molecular flexibility index (Phi) is 3.17. The molecule has 5 heteroatoms. The van der Waals surface area contributed by atoms with Gasteiger partial charge in [-0.05, 0) is 29.8 Å². The van der Waals surface area contributed by atoms with E-state index in [0.29, 0.717) is 6.54 Å². The first-order valence-electron chi connectivity index (χ1n) is 5.87. The molecule has 0 fully saturated rings. The quantitative estimate of drug-likeness (QED) is 0.622. The van der Waals surface area contributed by atoms with Crippen molar-refractivity contribution in [2.45, 2.75) is 12.2 Å². The summed E-state index contributed by atoms with van der Waals surface area (Å²) in [4.78, 5) is 10.3. The lowest BCUT2D eigenvalue weighted by atomic mass is 10.2. The number of anilines is 1. The van der Waals surface area contributed by atoms with Gasteiger partial charge < -0.3 is 4.90 Å². The minimum Gasteiger partial charge on any atom is -0.331 e. The lowest BCUT2D eigenvalue weighted by molar-refractivity contribution is 0.623. The number of hydrogen-bond donors (Lipinski definition) is 0. The molecule has 19 heavy (non-hydrogen) atoms. The standard InChI is InChI=1S/C14H11ClFN3/c15-14-18-8-12-13(5-2-6-17-12)19(14)9-10-3-1-4-11(16)7-10/h1-8,14H,9H2. The van der Waals surface area contributed by atoms with Gasteiger partial charge in [-0.1, -0.05) is 23.7 Å². The summed E-state index contributed by atoms with van der Waals surface area (Å²) in [6, 6.07) is 10.2. The van der Waals surface area contributed by atoms with Gasteiger partial charge in [0.1, 0.15) is 11.5 Å². The highest BCUT2D eigenvalue weighted by atomic mass is 35.5. The SMILES string of the molecule is Fc1cccc(CN2c3cccnc3C=NC2Cl)c1. The van der Waals surface area contributed by atoms with E-state index in [-0.39, 0.29) is 5.82 Å². The molecule has 1 aromatic carbocycles. The lowest BCUT2D eigenvalue weighted by Crippen LogP contribution is -2.33. The Morgan fingerprint density at radius 3 is 3.00 bits per heavy atom. The molecule has 96 valence electrons. The van der Waals surface area contributed by atoms with Crippen molar-refractivity contribution in [1.29, 1.82) is 0 Å². The first-order chi connectivity index (χ1) is 9.24. The number of hydrogen-bond acceptors (Lipinski definition) is 3. The van der Waals surface area contributed by atoms with Gasteiger partial charge in [0.05, 0.1) is 11.9 Å². The van der Waals surface area contributed by atoms with Crippen LogP contribution in [0.5, 0.6) is 0 Å². The van der Waals surface area contributed by atoms with Crippen molar-refractivity contribution in [3.8, 4) is 0 Å². The summed E-state index contributed by atoms with van der Waals surface area (Å²) >= 11 is 6.21. The zero-order valence-corrected chi connectivity index (χ0v) is 10.8. The highest BCUT2D eigenvalue weighted by Gasteiger charge is 2.22. The third-order valence-electron chi connectivity index (χ3n) is 2.94. The van der Waals surface area contributed by atoms with Crippen molar-refractivity contribution in [3.05, 3.63) is 59.7 Å². The molecular weight excluding hydrogens is 265 g/mol. The highest BCUT2D eigenvalue weighted by Crippen LogP contribution is 2.27. The number of pyridine rings is 1. The Bertz CT molecular complexity index is 630. The zero-order valence-electron chi connectivity index (χ0n) is 10.0. The van der Waals surface area contributed by atoms with Crippen LogP contribution in [-0.2, 0) is 6.54 Å². The van der Waals surface area contributed by atoms with Crippen molar-refractivity contribution >= 4 is 23.5 Å². The summed E-state index contributed by atoms with van der Waals surface area (Å²) in [6.07, 6.45) is 3.37. The van der Waals surface area contributed by atoms with E-state index in [4.69, 9.17) is 11.6 Å². The maximum atomic E-state index is 13.2. The predicted octanol–water partition coefficient (Wildman–Crippen LogP) is 3.18. The van der Waals surface area contributed by atoms with E-state index in [9.17, 15) is 4.39 Å². The van der Waals surface area contributed by atoms with Crippen LogP contribution in [0.4, 0.5) is 10.1 Å². The molecule has 1 aromatic heterocycles. The topological polar surface area (TPSA) is 28.5 Å². The summed E-state index contributed by atoms with van der Waals surface area (Å²) in [5, 5.41) is 0. The van der Waals surface area contributed by atoms with E-state index in [1.54, 1.807) is 18.5 Å². The van der Waals surface area contributed by atoms with Crippen molar-refractivity contribution in [1.82, 2.24) is 4.98 Å². The smallest absolute Gasteiger partial charge is 0.198 e. The molecule has 1 unspecified atom stereocenters. The second kappa shape index (κ2) is 4.97. The number of benzene rings is 1. The molecule has 2 aromatic rings. The summed E-state index contributed by atoms with van der Waals surface area (Å²) in [6.45, 7) is 0.488. The minimum atomic E-state index is -0.500. The van der Waals surface area contributed by atoms with Crippen LogP contribution in [0.3, 0.4) is 0 Å². The van der Waals surface area contributed by atoms with Crippen molar-refractivity contribution in [2.24, 2.45) is 4.99 Å². The molecular formula is C14H11ClFN3. The van der Waals surface area contributed by atoms with Crippen LogP contribution in [0.1, 0.15) is 11.3 Å². The summed E-state index contributed by atoms with van der Waals surface area (Å²) in [5.41, 5.74) is 2.02. The fourth-order valence-corrected chi connectivity index (χ4v) is 2.30. The summed E-state index contributed by atoms with van der Waals surface area (Å²) in [5.74, 6) is -0.254. The van der Waals surface area contributed by atoms with Gasteiger partial charge in [0, 0.05) is 12.7 Å². The largest absolute Gasteiger partial charge is 0.331 e. The Morgan fingerprint density at radius 1 is 1.26 bits per heavy atom. The highest BCUT2D eigenvalue weighted by molar-refractivity contribution is 6.22. The Labute approximate surface area is 115 Å². The van der Waals surface area contributed by atoms with Crippen LogP contribution in [0, 0.1) is 5.82 Å². The van der Waals surface area contributed by atoms with E-state index in [2.05, 4.69) is 9.98 Å². The fourth-order valence-electron chi connectivity index (χ4n) is 2.07. The molecule has 0 N–H and O–H groups in total. The average Bonchev–Trinajstić information content (AvgIpc) is 2.42. The lowest BCUT2D eigenvalue weighted by Gasteiger charge is -2.30. The molecule has 1 atom stereocenters. The van der Waals surface area contributed by atoms with Crippen molar-refractivity contribution in [2.75, 3.05) is 4.90 Å². The van der Waals surface area contributed by atoms with Gasteiger partial charge in [0.15, 0.2) is 5.62 Å². The van der Waals surface area contributed by atoms with Gasteiger partial charge >= 0.3 is 0 Å². The van der Waals surface area contributed by atoms with Crippen LogP contribution in [0.2, 0.25) is 0 Å². The maximum Gasteiger partial charge on any atom is 0.198 e. The number of nitrogens with zero attached hydrogens (tertiary/aromatic N) is 3. The van der Waals surface area contributed by atoms with Gasteiger partial charge in [-0.15, -0.1) is 0 Å². The van der Waals surface area contributed by atoms with E-state index in [0.717, 1.165) is 16.9 Å². The molecule has 0 radical (unpaired) electrons. The molecule has 1 aliphatic rings. The molecule has 2 heterocycles. The molecule has 0 bridgehead atoms. The van der Waals surface area contributed by atoms with Crippen molar-refractivity contribution < 1.29 is 4.39 Å². The number of halogens is 2. The van der Waals surface area contributed by atoms with Crippen LogP contribution >= 0.6 is 11.6 Å². The second-order valence-electron chi connectivity index (χ2n) is 4.25. The molecule has 3 rings (SSSR count). The predicted molar refractivity (Wildman–Crippen MR) is 74.1 cm³/mol. The second-order valence-corrected chi connectivity index (χ2v) is 4.64. The van der Waals surface area contributed by atoms with E-state index in [1.165, 1.54) is 12.1 Å². The maximum absolute atomic E-state index is 13.2. The summed E-state index contributed by atoms with van der Waals surface area (Å²) in [7, 11) is 0. The first-order valence-corrected chi connectivity index (χ1v) is 6.31. The fraction of sp³-hybridized carbons (Fsp3) is 0.143. The van der Waals surface area contributed by atoms with Crippen LogP contribution in [-0.4, -0.2) is 16.8 Å². The number of fused-ring (bicyclic) bond motifs is 1. The molecule has 0 amide bonds.